The van der Waals surface area contributed by atoms with Crippen LogP contribution in [0.1, 0.15) is 37.0 Å². The molecular weight excluding hydrogens is 310 g/mol. The number of nitro groups is 1. The smallest absolute Gasteiger partial charge is 0.270 e. The van der Waals surface area contributed by atoms with Crippen LogP contribution in [0, 0.1) is 10.1 Å². The van der Waals surface area contributed by atoms with Crippen molar-refractivity contribution in [3.63, 3.8) is 0 Å². The number of anilines is 1. The highest BCUT2D eigenvalue weighted by Crippen LogP contribution is 2.30. The Bertz CT molecular complexity index is 633. The van der Waals surface area contributed by atoms with E-state index in [0.29, 0.717) is 18.7 Å². The summed E-state index contributed by atoms with van der Waals surface area (Å²) in [6.45, 7) is 6.65. The summed E-state index contributed by atoms with van der Waals surface area (Å²) in [6.07, 6.45) is 2.09. The first kappa shape index (κ1) is 16.7. The average molecular weight is 333 g/mol. The highest BCUT2D eigenvalue weighted by molar-refractivity contribution is 6.00. The lowest BCUT2D eigenvalue weighted by Gasteiger charge is -2.36. The molecule has 3 rings (SSSR count). The van der Waals surface area contributed by atoms with E-state index >= 15 is 0 Å². The summed E-state index contributed by atoms with van der Waals surface area (Å²) < 4.78 is 5.68. The second-order valence-corrected chi connectivity index (χ2v) is 6.62. The van der Waals surface area contributed by atoms with Gasteiger partial charge in [-0.1, -0.05) is 0 Å². The SMILES string of the molecule is CC1CN(C(=O)c2cc([N+](=O)[O-])ccc2N2CCCC2)CC(C)O1. The molecule has 0 saturated carbocycles. The van der Waals surface area contributed by atoms with Gasteiger partial charge >= 0.3 is 0 Å². The first-order valence-electron chi connectivity index (χ1n) is 8.44. The number of ether oxygens (including phenoxy) is 1. The second-order valence-electron chi connectivity index (χ2n) is 6.62. The Morgan fingerprint density at radius 1 is 1.21 bits per heavy atom. The minimum absolute atomic E-state index is 0.0355. The number of morpholine rings is 1. The van der Waals surface area contributed by atoms with Gasteiger partial charge in [0.15, 0.2) is 0 Å². The van der Waals surface area contributed by atoms with Gasteiger partial charge in [0, 0.05) is 38.3 Å². The van der Waals surface area contributed by atoms with Crippen LogP contribution >= 0.6 is 0 Å². The van der Waals surface area contributed by atoms with Crippen molar-refractivity contribution in [3.8, 4) is 0 Å². The van der Waals surface area contributed by atoms with Crippen molar-refractivity contribution in [1.82, 2.24) is 4.90 Å². The first-order valence-corrected chi connectivity index (χ1v) is 8.44. The molecule has 2 aliphatic heterocycles. The van der Waals surface area contributed by atoms with Gasteiger partial charge in [0.25, 0.3) is 11.6 Å². The minimum Gasteiger partial charge on any atom is -0.372 e. The predicted molar refractivity (Wildman–Crippen MR) is 90.5 cm³/mol. The van der Waals surface area contributed by atoms with E-state index in [1.807, 2.05) is 13.8 Å². The van der Waals surface area contributed by atoms with Crippen molar-refractivity contribution in [2.45, 2.75) is 38.9 Å². The molecule has 24 heavy (non-hydrogen) atoms. The van der Waals surface area contributed by atoms with Gasteiger partial charge < -0.3 is 14.5 Å². The van der Waals surface area contributed by atoms with Crippen LogP contribution in [-0.4, -0.2) is 54.1 Å². The van der Waals surface area contributed by atoms with Gasteiger partial charge in [-0.2, -0.15) is 0 Å². The minimum atomic E-state index is -0.449. The molecule has 7 heteroatoms. The Balaban J connectivity index is 1.95. The summed E-state index contributed by atoms with van der Waals surface area (Å²) in [7, 11) is 0. The van der Waals surface area contributed by atoms with Gasteiger partial charge in [0.05, 0.1) is 28.4 Å². The molecule has 130 valence electrons. The van der Waals surface area contributed by atoms with Gasteiger partial charge in [0.1, 0.15) is 0 Å². The molecule has 1 aromatic carbocycles. The fourth-order valence-electron chi connectivity index (χ4n) is 3.56. The van der Waals surface area contributed by atoms with E-state index < -0.39 is 4.92 Å². The number of hydrogen-bond donors (Lipinski definition) is 0. The van der Waals surface area contributed by atoms with Gasteiger partial charge in [-0.15, -0.1) is 0 Å². The molecule has 2 aliphatic rings. The average Bonchev–Trinajstić information content (AvgIpc) is 3.06. The van der Waals surface area contributed by atoms with E-state index in [1.165, 1.54) is 12.1 Å². The summed E-state index contributed by atoms with van der Waals surface area (Å²) in [5.41, 5.74) is 1.18. The molecule has 0 aliphatic carbocycles. The van der Waals surface area contributed by atoms with E-state index in [1.54, 1.807) is 11.0 Å². The van der Waals surface area contributed by atoms with Crippen molar-refractivity contribution in [1.29, 1.82) is 0 Å². The van der Waals surface area contributed by atoms with E-state index in [-0.39, 0.29) is 23.8 Å². The number of carbonyl (C=O) groups excluding carboxylic acids is 1. The van der Waals surface area contributed by atoms with Crippen molar-refractivity contribution in [2.24, 2.45) is 0 Å². The van der Waals surface area contributed by atoms with Crippen LogP contribution < -0.4 is 4.90 Å². The molecule has 0 N–H and O–H groups in total. The maximum absolute atomic E-state index is 13.1. The van der Waals surface area contributed by atoms with Crippen LogP contribution in [0.4, 0.5) is 11.4 Å². The molecule has 2 unspecified atom stereocenters. The summed E-state index contributed by atoms with van der Waals surface area (Å²) in [4.78, 5) is 27.6. The Labute approximate surface area is 141 Å². The largest absolute Gasteiger partial charge is 0.372 e. The van der Waals surface area contributed by atoms with Crippen LogP contribution in [-0.2, 0) is 4.74 Å². The lowest BCUT2D eigenvalue weighted by atomic mass is 10.1. The fourth-order valence-corrected chi connectivity index (χ4v) is 3.56. The molecule has 1 amide bonds. The molecule has 0 bridgehead atoms. The van der Waals surface area contributed by atoms with Crippen LogP contribution in [0.5, 0.6) is 0 Å². The molecule has 0 radical (unpaired) electrons. The monoisotopic (exact) mass is 333 g/mol. The summed E-state index contributed by atoms with van der Waals surface area (Å²) >= 11 is 0. The normalized spacial score (nSPS) is 24.2. The van der Waals surface area contributed by atoms with Gasteiger partial charge in [-0.05, 0) is 32.8 Å². The summed E-state index contributed by atoms with van der Waals surface area (Å²) in [5.74, 6) is -0.150. The molecule has 2 atom stereocenters. The Morgan fingerprint density at radius 2 is 1.83 bits per heavy atom. The zero-order valence-corrected chi connectivity index (χ0v) is 14.1. The first-order chi connectivity index (χ1) is 11.5. The Hall–Kier alpha value is -2.15. The number of benzene rings is 1. The van der Waals surface area contributed by atoms with Crippen LogP contribution in [0.15, 0.2) is 18.2 Å². The molecule has 7 nitrogen and oxygen atoms in total. The number of hydrogen-bond acceptors (Lipinski definition) is 5. The van der Waals surface area contributed by atoms with Crippen LogP contribution in [0.25, 0.3) is 0 Å². The zero-order chi connectivity index (χ0) is 17.3. The maximum atomic E-state index is 13.1. The fraction of sp³-hybridized carbons (Fsp3) is 0.588. The standard InChI is InChI=1S/C17H23N3O4/c1-12-10-19(11-13(2)24-12)17(21)15-9-14(20(22)23)5-6-16(15)18-7-3-4-8-18/h5-6,9,12-13H,3-4,7-8,10-11H2,1-2H3. The molecule has 2 heterocycles. The van der Waals surface area contributed by atoms with Crippen molar-refractivity contribution in [2.75, 3.05) is 31.1 Å². The molecule has 2 fully saturated rings. The number of carbonyl (C=O) groups is 1. The number of rotatable bonds is 3. The number of nitro benzene ring substituents is 1. The number of amides is 1. The molecule has 0 spiro atoms. The Morgan fingerprint density at radius 3 is 2.42 bits per heavy atom. The number of nitrogens with zero attached hydrogens (tertiary/aromatic N) is 3. The topological polar surface area (TPSA) is 75.9 Å². The van der Waals surface area contributed by atoms with Gasteiger partial charge in [-0.25, -0.2) is 0 Å². The quantitative estimate of drug-likeness (QED) is 0.627. The summed E-state index contributed by atoms with van der Waals surface area (Å²) in [6, 6.07) is 4.61. The highest BCUT2D eigenvalue weighted by atomic mass is 16.6. The van der Waals surface area contributed by atoms with Gasteiger partial charge in [0.2, 0.25) is 0 Å². The van der Waals surface area contributed by atoms with E-state index in [2.05, 4.69) is 4.90 Å². The third-order valence-electron chi connectivity index (χ3n) is 4.57. The van der Waals surface area contributed by atoms with E-state index in [0.717, 1.165) is 31.6 Å². The molecular formula is C17H23N3O4. The zero-order valence-electron chi connectivity index (χ0n) is 14.1. The van der Waals surface area contributed by atoms with E-state index in [9.17, 15) is 14.9 Å². The third kappa shape index (κ3) is 3.36. The van der Waals surface area contributed by atoms with Crippen LogP contribution in [0.2, 0.25) is 0 Å². The van der Waals surface area contributed by atoms with Crippen molar-refractivity contribution >= 4 is 17.3 Å². The summed E-state index contributed by atoms with van der Waals surface area (Å²) in [5, 5.41) is 11.1. The van der Waals surface area contributed by atoms with Crippen molar-refractivity contribution in [3.05, 3.63) is 33.9 Å². The van der Waals surface area contributed by atoms with Crippen molar-refractivity contribution < 1.29 is 14.5 Å². The lowest BCUT2D eigenvalue weighted by molar-refractivity contribution is -0.384. The lowest BCUT2D eigenvalue weighted by Crippen LogP contribution is -2.48. The highest BCUT2D eigenvalue weighted by Gasteiger charge is 2.30. The number of non-ortho nitro benzene ring substituents is 1. The molecule has 0 aromatic heterocycles. The second kappa shape index (κ2) is 6.76. The van der Waals surface area contributed by atoms with E-state index in [4.69, 9.17) is 4.74 Å². The maximum Gasteiger partial charge on any atom is 0.270 e. The molecule has 1 aromatic rings. The third-order valence-corrected chi connectivity index (χ3v) is 4.57. The Kier molecular flexibility index (Phi) is 4.71. The predicted octanol–water partition coefficient (Wildman–Crippen LogP) is 2.44. The van der Waals surface area contributed by atoms with Crippen LogP contribution in [0.3, 0.4) is 0 Å². The molecule has 2 saturated heterocycles. The van der Waals surface area contributed by atoms with Gasteiger partial charge in [-0.3, -0.25) is 14.9 Å².